The highest BCUT2D eigenvalue weighted by Crippen LogP contribution is 2.34. The maximum Gasteiger partial charge on any atom is 0.177 e. The first-order chi connectivity index (χ1) is 8.09. The van der Waals surface area contributed by atoms with E-state index in [1.54, 1.807) is 11.3 Å². The Hall–Kier alpha value is -0.680. The summed E-state index contributed by atoms with van der Waals surface area (Å²) in [5.41, 5.74) is 6.59. The summed E-state index contributed by atoms with van der Waals surface area (Å²) in [5.74, 6) is 2.49. The van der Waals surface area contributed by atoms with E-state index in [4.69, 9.17) is 5.73 Å². The number of hydrogen-bond donors (Lipinski definition) is 1. The fourth-order valence-electron chi connectivity index (χ4n) is 1.79. The van der Waals surface area contributed by atoms with Crippen LogP contribution >= 0.6 is 23.1 Å². The van der Waals surface area contributed by atoms with Crippen molar-refractivity contribution in [3.8, 4) is 0 Å². The smallest absolute Gasteiger partial charge is 0.177 e. The monoisotopic (exact) mass is 270 g/mol. The summed E-state index contributed by atoms with van der Waals surface area (Å²) in [6.45, 7) is 5.94. The number of carbonyl (C=O) groups excluding carboxylic acids is 1. The fourth-order valence-corrected chi connectivity index (χ4v) is 3.91. The highest BCUT2D eigenvalue weighted by Gasteiger charge is 2.20. The van der Waals surface area contributed by atoms with E-state index in [0.29, 0.717) is 5.69 Å². The van der Waals surface area contributed by atoms with Crippen LogP contribution < -0.4 is 10.6 Å². The fraction of sp³-hybridized carbons (Fsp3) is 0.583. The number of nitrogens with zero attached hydrogens (tertiary/aromatic N) is 1. The summed E-state index contributed by atoms with van der Waals surface area (Å²) < 4.78 is 0. The minimum Gasteiger partial charge on any atom is -0.397 e. The number of hydrogen-bond acceptors (Lipinski definition) is 5. The van der Waals surface area contributed by atoms with Crippen LogP contribution in [0.3, 0.4) is 0 Å². The molecule has 2 heterocycles. The van der Waals surface area contributed by atoms with Gasteiger partial charge < -0.3 is 10.6 Å². The number of ketones is 1. The molecule has 1 saturated heterocycles. The normalized spacial score (nSPS) is 16.5. The molecule has 2 rings (SSSR count). The Bertz CT molecular complexity index is 409. The molecule has 5 heteroatoms. The molecular weight excluding hydrogens is 252 g/mol. The Morgan fingerprint density at radius 3 is 2.65 bits per heavy atom. The van der Waals surface area contributed by atoms with Crippen LogP contribution in [0.15, 0.2) is 6.07 Å². The van der Waals surface area contributed by atoms with Gasteiger partial charge in [0.1, 0.15) is 0 Å². The molecule has 0 bridgehead atoms. The van der Waals surface area contributed by atoms with Gasteiger partial charge in [-0.3, -0.25) is 4.79 Å². The third-order valence-electron chi connectivity index (χ3n) is 2.82. The molecule has 1 aromatic heterocycles. The molecule has 0 unspecified atom stereocenters. The van der Waals surface area contributed by atoms with Crippen LogP contribution in [0.4, 0.5) is 10.7 Å². The second-order valence-corrected chi connectivity index (χ2v) is 6.74. The first-order valence-corrected chi connectivity index (χ1v) is 7.83. The van der Waals surface area contributed by atoms with Crippen molar-refractivity contribution in [1.82, 2.24) is 0 Å². The second kappa shape index (κ2) is 5.31. The number of nitrogens with two attached hydrogens (primary N) is 1. The number of nitrogen functional groups attached to an aromatic ring is 1. The number of carbonyl (C=O) groups is 1. The molecule has 94 valence electrons. The molecule has 1 aromatic rings. The number of thioether (sulfide) groups is 1. The van der Waals surface area contributed by atoms with Crippen LogP contribution in [0.1, 0.15) is 23.5 Å². The number of thiophene rings is 1. The molecule has 0 amide bonds. The van der Waals surface area contributed by atoms with Gasteiger partial charge in [-0.1, -0.05) is 13.8 Å². The van der Waals surface area contributed by atoms with E-state index in [2.05, 4.69) is 4.90 Å². The summed E-state index contributed by atoms with van der Waals surface area (Å²) in [5, 5.41) is 1.15. The molecule has 17 heavy (non-hydrogen) atoms. The number of rotatable bonds is 3. The zero-order chi connectivity index (χ0) is 12.4. The molecule has 0 atom stereocenters. The number of anilines is 2. The van der Waals surface area contributed by atoms with Gasteiger partial charge in [-0.05, 0) is 6.07 Å². The third kappa shape index (κ3) is 2.77. The first kappa shape index (κ1) is 12.8. The van der Waals surface area contributed by atoms with Crippen molar-refractivity contribution >= 4 is 39.6 Å². The molecule has 0 spiro atoms. The lowest BCUT2D eigenvalue weighted by molar-refractivity contribution is 0.0944. The number of Topliss-reactive ketones (excluding diaryl/α,β-unsaturated/α-hetero) is 1. The average Bonchev–Trinajstić information content (AvgIpc) is 2.71. The van der Waals surface area contributed by atoms with E-state index in [0.717, 1.165) is 34.5 Å². The zero-order valence-corrected chi connectivity index (χ0v) is 11.9. The van der Waals surface area contributed by atoms with Crippen molar-refractivity contribution in [2.45, 2.75) is 13.8 Å². The van der Waals surface area contributed by atoms with Crippen LogP contribution in [0.5, 0.6) is 0 Å². The Morgan fingerprint density at radius 2 is 2.06 bits per heavy atom. The van der Waals surface area contributed by atoms with E-state index in [-0.39, 0.29) is 11.7 Å². The standard InChI is InChI=1S/C12H18N2OS2/c1-8(2)11(15)12-9(13)7-10(17-12)14-3-5-16-6-4-14/h7-8H,3-6,13H2,1-2H3. The molecule has 0 radical (unpaired) electrons. The highest BCUT2D eigenvalue weighted by molar-refractivity contribution is 7.99. The van der Waals surface area contributed by atoms with E-state index in [1.165, 1.54) is 0 Å². The molecule has 2 N–H and O–H groups in total. The predicted octanol–water partition coefficient (Wildman–Crippen LogP) is 2.72. The lowest BCUT2D eigenvalue weighted by atomic mass is 10.1. The van der Waals surface area contributed by atoms with Gasteiger partial charge in [0.15, 0.2) is 5.78 Å². The van der Waals surface area contributed by atoms with Crippen LogP contribution in [0.25, 0.3) is 0 Å². The van der Waals surface area contributed by atoms with Gasteiger partial charge in [-0.2, -0.15) is 11.8 Å². The predicted molar refractivity (Wildman–Crippen MR) is 77.4 cm³/mol. The van der Waals surface area contributed by atoms with Crippen LogP contribution in [-0.2, 0) is 0 Å². The van der Waals surface area contributed by atoms with E-state index in [1.807, 2.05) is 31.7 Å². The second-order valence-electron chi connectivity index (χ2n) is 4.49. The van der Waals surface area contributed by atoms with E-state index in [9.17, 15) is 4.79 Å². The molecule has 0 aliphatic carbocycles. The molecule has 1 fully saturated rings. The van der Waals surface area contributed by atoms with Gasteiger partial charge in [0.05, 0.1) is 15.6 Å². The minimum absolute atomic E-state index is 0.0145. The van der Waals surface area contributed by atoms with Gasteiger partial charge in [0.25, 0.3) is 0 Å². The lowest BCUT2D eigenvalue weighted by Gasteiger charge is -2.26. The largest absolute Gasteiger partial charge is 0.397 e. The van der Waals surface area contributed by atoms with Crippen molar-refractivity contribution in [3.63, 3.8) is 0 Å². The van der Waals surface area contributed by atoms with Crippen LogP contribution in [-0.4, -0.2) is 30.4 Å². The van der Waals surface area contributed by atoms with Gasteiger partial charge in [-0.15, -0.1) is 11.3 Å². The summed E-state index contributed by atoms with van der Waals surface area (Å²) >= 11 is 3.52. The van der Waals surface area contributed by atoms with Gasteiger partial charge in [0, 0.05) is 30.5 Å². The third-order valence-corrected chi connectivity index (χ3v) is 4.99. The zero-order valence-electron chi connectivity index (χ0n) is 10.2. The molecule has 0 saturated carbocycles. The van der Waals surface area contributed by atoms with E-state index < -0.39 is 0 Å². The Balaban J connectivity index is 2.20. The molecule has 1 aliphatic rings. The van der Waals surface area contributed by atoms with Crippen molar-refractivity contribution in [2.24, 2.45) is 5.92 Å². The SMILES string of the molecule is CC(C)C(=O)c1sc(N2CCSCC2)cc1N. The summed E-state index contributed by atoms with van der Waals surface area (Å²) in [7, 11) is 0. The Morgan fingerprint density at radius 1 is 1.41 bits per heavy atom. The van der Waals surface area contributed by atoms with Crippen LogP contribution in [0, 0.1) is 5.92 Å². The average molecular weight is 270 g/mol. The quantitative estimate of drug-likeness (QED) is 0.858. The first-order valence-electron chi connectivity index (χ1n) is 5.86. The lowest BCUT2D eigenvalue weighted by Crippen LogP contribution is -2.31. The van der Waals surface area contributed by atoms with Crippen molar-refractivity contribution in [1.29, 1.82) is 0 Å². The maximum absolute atomic E-state index is 12.0. The molecule has 3 nitrogen and oxygen atoms in total. The van der Waals surface area contributed by atoms with Gasteiger partial charge >= 0.3 is 0 Å². The maximum atomic E-state index is 12.0. The molecular formula is C12H18N2OS2. The Labute approximate surface area is 110 Å². The van der Waals surface area contributed by atoms with Crippen LogP contribution in [0.2, 0.25) is 0 Å². The summed E-state index contributed by atoms with van der Waals surface area (Å²) in [4.78, 5) is 15.0. The van der Waals surface area contributed by atoms with Crippen molar-refractivity contribution < 1.29 is 4.79 Å². The van der Waals surface area contributed by atoms with E-state index >= 15 is 0 Å². The highest BCUT2D eigenvalue weighted by atomic mass is 32.2. The van der Waals surface area contributed by atoms with Crippen molar-refractivity contribution in [2.75, 3.05) is 35.2 Å². The van der Waals surface area contributed by atoms with Gasteiger partial charge in [0.2, 0.25) is 0 Å². The van der Waals surface area contributed by atoms with Crippen molar-refractivity contribution in [3.05, 3.63) is 10.9 Å². The van der Waals surface area contributed by atoms with Gasteiger partial charge in [-0.25, -0.2) is 0 Å². The topological polar surface area (TPSA) is 46.3 Å². The summed E-state index contributed by atoms with van der Waals surface area (Å²) in [6, 6.07) is 1.95. The molecule has 0 aromatic carbocycles. The minimum atomic E-state index is 0.0145. The summed E-state index contributed by atoms with van der Waals surface area (Å²) in [6.07, 6.45) is 0. The Kier molecular flexibility index (Phi) is 3.99. The molecule has 1 aliphatic heterocycles.